The number of hydrogen-bond donors (Lipinski definition) is 3. The number of nitrogens with one attached hydrogen (secondary N) is 2. The summed E-state index contributed by atoms with van der Waals surface area (Å²) < 4.78 is 0. The second-order valence-electron chi connectivity index (χ2n) is 4.11. The maximum Gasteiger partial charge on any atom is 0.320 e. The van der Waals surface area contributed by atoms with E-state index < -0.39 is 12.0 Å². The van der Waals surface area contributed by atoms with Crippen molar-refractivity contribution < 1.29 is 9.90 Å². The number of nitrogens with zero attached hydrogens (tertiary/aromatic N) is 2. The van der Waals surface area contributed by atoms with Crippen LogP contribution in [0.1, 0.15) is 19.4 Å². The Bertz CT molecular complexity index is 364. The molecule has 6 heteroatoms. The van der Waals surface area contributed by atoms with Gasteiger partial charge in [-0.2, -0.15) is 0 Å². The number of anilines is 1. The van der Waals surface area contributed by atoms with E-state index in [2.05, 4.69) is 20.6 Å². The van der Waals surface area contributed by atoms with E-state index in [4.69, 9.17) is 5.11 Å². The van der Waals surface area contributed by atoms with Crippen molar-refractivity contribution in [3.63, 3.8) is 0 Å². The van der Waals surface area contributed by atoms with Crippen LogP contribution in [0.15, 0.2) is 12.4 Å². The number of rotatable bonds is 6. The number of carbonyl (C=O) groups is 1. The molecule has 0 aliphatic carbocycles. The molecular weight excluding hydrogens is 220 g/mol. The maximum atomic E-state index is 11.0. The summed E-state index contributed by atoms with van der Waals surface area (Å²) in [7, 11) is 1.74. The Kier molecular flexibility index (Phi) is 4.84. The van der Waals surface area contributed by atoms with Gasteiger partial charge in [-0.1, -0.05) is 13.8 Å². The van der Waals surface area contributed by atoms with Crippen molar-refractivity contribution in [2.45, 2.75) is 26.4 Å². The quantitative estimate of drug-likeness (QED) is 0.677. The van der Waals surface area contributed by atoms with Gasteiger partial charge in [0, 0.05) is 31.5 Å². The van der Waals surface area contributed by atoms with E-state index in [1.807, 2.05) is 13.8 Å². The van der Waals surface area contributed by atoms with Crippen LogP contribution in [0.4, 0.5) is 5.95 Å². The Morgan fingerprint density at radius 1 is 1.41 bits per heavy atom. The molecule has 0 amide bonds. The fourth-order valence-electron chi connectivity index (χ4n) is 1.41. The second-order valence-corrected chi connectivity index (χ2v) is 4.11. The molecule has 94 valence electrons. The van der Waals surface area contributed by atoms with E-state index in [1.54, 1.807) is 19.4 Å². The van der Waals surface area contributed by atoms with Gasteiger partial charge in [0.2, 0.25) is 5.95 Å². The summed E-state index contributed by atoms with van der Waals surface area (Å²) in [5, 5.41) is 14.8. The maximum absolute atomic E-state index is 11.0. The van der Waals surface area contributed by atoms with Crippen molar-refractivity contribution in [2.24, 2.45) is 5.92 Å². The first kappa shape index (κ1) is 13.4. The van der Waals surface area contributed by atoms with E-state index in [-0.39, 0.29) is 5.92 Å². The van der Waals surface area contributed by atoms with Crippen LogP contribution in [0.2, 0.25) is 0 Å². The van der Waals surface area contributed by atoms with E-state index >= 15 is 0 Å². The average molecular weight is 238 g/mol. The summed E-state index contributed by atoms with van der Waals surface area (Å²) in [6, 6.07) is -0.557. The number of hydrogen-bond acceptors (Lipinski definition) is 5. The highest BCUT2D eigenvalue weighted by molar-refractivity contribution is 5.73. The van der Waals surface area contributed by atoms with E-state index in [0.717, 1.165) is 5.56 Å². The first-order valence-corrected chi connectivity index (χ1v) is 5.49. The van der Waals surface area contributed by atoms with Crippen molar-refractivity contribution in [3.8, 4) is 0 Å². The highest BCUT2D eigenvalue weighted by Gasteiger charge is 2.20. The highest BCUT2D eigenvalue weighted by Crippen LogP contribution is 2.04. The molecule has 0 unspecified atom stereocenters. The molecule has 0 spiro atoms. The Morgan fingerprint density at radius 2 is 2.00 bits per heavy atom. The average Bonchev–Trinajstić information content (AvgIpc) is 2.29. The summed E-state index contributed by atoms with van der Waals surface area (Å²) >= 11 is 0. The first-order chi connectivity index (χ1) is 8.04. The monoisotopic (exact) mass is 238 g/mol. The van der Waals surface area contributed by atoms with Gasteiger partial charge in [0.15, 0.2) is 0 Å². The Hall–Kier alpha value is -1.69. The third-order valence-corrected chi connectivity index (χ3v) is 2.39. The zero-order chi connectivity index (χ0) is 12.8. The summed E-state index contributed by atoms with van der Waals surface area (Å²) in [4.78, 5) is 19.1. The third kappa shape index (κ3) is 3.99. The van der Waals surface area contributed by atoms with Crippen molar-refractivity contribution >= 4 is 11.9 Å². The smallest absolute Gasteiger partial charge is 0.320 e. The lowest BCUT2D eigenvalue weighted by atomic mass is 10.0. The fraction of sp³-hybridized carbons (Fsp3) is 0.545. The zero-order valence-corrected chi connectivity index (χ0v) is 10.3. The molecular formula is C11H18N4O2. The molecule has 0 aliphatic heterocycles. The summed E-state index contributed by atoms with van der Waals surface area (Å²) in [6.07, 6.45) is 3.34. The molecule has 1 atom stereocenters. The Morgan fingerprint density at radius 3 is 2.41 bits per heavy atom. The van der Waals surface area contributed by atoms with Gasteiger partial charge in [0.25, 0.3) is 0 Å². The molecule has 0 fully saturated rings. The molecule has 0 aromatic carbocycles. The first-order valence-electron chi connectivity index (χ1n) is 5.49. The van der Waals surface area contributed by atoms with Crippen molar-refractivity contribution in [1.82, 2.24) is 15.3 Å². The molecule has 3 N–H and O–H groups in total. The van der Waals surface area contributed by atoms with Crippen LogP contribution in [-0.4, -0.2) is 34.1 Å². The predicted molar refractivity (Wildman–Crippen MR) is 64.7 cm³/mol. The lowest BCUT2D eigenvalue weighted by Crippen LogP contribution is -2.40. The van der Waals surface area contributed by atoms with Crippen molar-refractivity contribution in [2.75, 3.05) is 12.4 Å². The van der Waals surface area contributed by atoms with Crippen molar-refractivity contribution in [3.05, 3.63) is 18.0 Å². The highest BCUT2D eigenvalue weighted by atomic mass is 16.4. The van der Waals surface area contributed by atoms with Gasteiger partial charge in [-0.3, -0.25) is 10.1 Å². The molecule has 1 aromatic heterocycles. The SMILES string of the molecule is CNc1ncc(CN[C@H](C(=O)O)C(C)C)cn1. The molecule has 1 aromatic rings. The molecule has 0 radical (unpaired) electrons. The van der Waals surface area contributed by atoms with Crippen LogP contribution in [0.5, 0.6) is 0 Å². The van der Waals surface area contributed by atoms with Crippen molar-refractivity contribution in [1.29, 1.82) is 0 Å². The lowest BCUT2D eigenvalue weighted by Gasteiger charge is -2.17. The second kappa shape index (κ2) is 6.15. The van der Waals surface area contributed by atoms with Crippen LogP contribution >= 0.6 is 0 Å². The fourth-order valence-corrected chi connectivity index (χ4v) is 1.41. The van der Waals surface area contributed by atoms with Gasteiger partial charge < -0.3 is 10.4 Å². The summed E-state index contributed by atoms with van der Waals surface area (Å²) in [5.74, 6) is -0.259. The van der Waals surface area contributed by atoms with Crippen LogP contribution < -0.4 is 10.6 Å². The minimum absolute atomic E-state index is 0.0324. The minimum atomic E-state index is -0.840. The Labute approximate surface area is 100 Å². The van der Waals surface area contributed by atoms with E-state index in [9.17, 15) is 4.79 Å². The van der Waals surface area contributed by atoms with Gasteiger partial charge >= 0.3 is 5.97 Å². The number of carboxylic acid groups (broad SMARTS) is 1. The van der Waals surface area contributed by atoms with Gasteiger partial charge in [0.1, 0.15) is 6.04 Å². The zero-order valence-electron chi connectivity index (χ0n) is 10.3. The van der Waals surface area contributed by atoms with Crippen LogP contribution in [0.3, 0.4) is 0 Å². The standard InChI is InChI=1S/C11H18N4O2/c1-7(2)9(10(16)17)13-4-8-5-14-11(12-3)15-6-8/h5-7,9,13H,4H2,1-3H3,(H,16,17)(H,12,14,15)/t9-/m0/s1. The predicted octanol–water partition coefficient (Wildman–Crippen LogP) is 0.717. The van der Waals surface area contributed by atoms with Gasteiger partial charge in [-0.15, -0.1) is 0 Å². The van der Waals surface area contributed by atoms with E-state index in [0.29, 0.717) is 12.5 Å². The number of carboxylic acids is 1. The normalized spacial score (nSPS) is 12.5. The molecule has 1 rings (SSSR count). The molecule has 1 heterocycles. The molecule has 0 aliphatic rings. The molecule has 0 saturated heterocycles. The van der Waals surface area contributed by atoms with E-state index in [1.165, 1.54) is 0 Å². The molecule has 0 saturated carbocycles. The summed E-state index contributed by atoms with van der Waals surface area (Å²) in [6.45, 7) is 4.18. The Balaban J connectivity index is 2.56. The topological polar surface area (TPSA) is 87.1 Å². The third-order valence-electron chi connectivity index (χ3n) is 2.39. The molecule has 17 heavy (non-hydrogen) atoms. The summed E-state index contributed by atoms with van der Waals surface area (Å²) in [5.41, 5.74) is 0.857. The van der Waals surface area contributed by atoms with Crippen LogP contribution in [-0.2, 0) is 11.3 Å². The minimum Gasteiger partial charge on any atom is -0.480 e. The largest absolute Gasteiger partial charge is 0.480 e. The molecule has 0 bridgehead atoms. The van der Waals surface area contributed by atoms with Gasteiger partial charge in [-0.05, 0) is 5.92 Å². The number of aromatic nitrogens is 2. The number of aliphatic carboxylic acids is 1. The van der Waals surface area contributed by atoms with Gasteiger partial charge in [-0.25, -0.2) is 9.97 Å². The van der Waals surface area contributed by atoms with Gasteiger partial charge in [0.05, 0.1) is 0 Å². The lowest BCUT2D eigenvalue weighted by molar-refractivity contribution is -0.140. The molecule has 6 nitrogen and oxygen atoms in total. The van der Waals surface area contributed by atoms with Crippen LogP contribution in [0.25, 0.3) is 0 Å². The van der Waals surface area contributed by atoms with Crippen LogP contribution in [0, 0.1) is 5.92 Å².